The van der Waals surface area contributed by atoms with Crippen LogP contribution in [-0.4, -0.2) is 60.3 Å². The molecule has 10 rings (SSSR count). The molecular formula is C75H69AlBCl2F10N4O3. The van der Waals surface area contributed by atoms with Crippen LogP contribution in [0.15, 0.2) is 249 Å². The van der Waals surface area contributed by atoms with Gasteiger partial charge in [0.05, 0.1) is 12.5 Å². The van der Waals surface area contributed by atoms with E-state index in [9.17, 15) is 58.9 Å². The average molecular weight is 1370 g/mol. The number of aliphatic hydroxyl groups is 2. The van der Waals surface area contributed by atoms with Crippen molar-refractivity contribution in [2.75, 3.05) is 19.6 Å². The zero-order valence-corrected chi connectivity index (χ0v) is 54.9. The topological polar surface area (TPSA) is 131 Å². The smallest absolute Gasteiger partial charge is 0.207 e. The summed E-state index contributed by atoms with van der Waals surface area (Å²) in [6.07, 6.45) is 2.34. The summed E-state index contributed by atoms with van der Waals surface area (Å²) < 4.78 is 132. The number of nitrogens with two attached hydrogens (primary N) is 1. The van der Waals surface area contributed by atoms with Crippen molar-refractivity contribution in [3.05, 3.63) is 363 Å². The standard InChI is InChI=1S/C15H14ClF2N.C15H12ClF2N.C15H15F2NO.C15H11F2NO.C13H8F2O.CH4.CH3.Al.B.2H/c2*16-19-8-7-15(11-3-1-5-13(17)9-11)12-4-2-6-14(18)10-12;2*16-13-5-1-3-11(9-13)15(19,7-8-18)12-4-2-6-14(17)10-12;14-11-5-1-3-9(7-11)13(16)10-4-2-6-12(15)8-10;;;;;;/h1-6,9-10,15,19H,7-8H2;1-7,9-10,19H,8H2;1-6,9-10,19H,7-8,18H2;1-6,9-10,19H,7H2;1-8H;1H4;1H3;;;;. The first-order chi connectivity index (χ1) is 45.2. The Labute approximate surface area is 573 Å². The summed E-state index contributed by atoms with van der Waals surface area (Å²) in [5.74, 6) is -2.52. The molecule has 0 aliphatic rings. The van der Waals surface area contributed by atoms with Gasteiger partial charge in [-0.3, -0.25) is 4.79 Å². The molecule has 0 spiro atoms. The molecule has 0 saturated heterocycles. The van der Waals surface area contributed by atoms with Crippen molar-refractivity contribution in [3.8, 4) is 6.07 Å². The minimum Gasteiger partial charge on any atom is -0.380 e. The van der Waals surface area contributed by atoms with Gasteiger partial charge in [0.25, 0.3) is 0 Å². The van der Waals surface area contributed by atoms with Gasteiger partial charge in [0.15, 0.2) is 5.78 Å². The molecule has 497 valence electrons. The van der Waals surface area contributed by atoms with Crippen molar-refractivity contribution in [1.29, 1.82) is 5.26 Å². The molecule has 3 radical (unpaired) electrons. The molecule has 0 bridgehead atoms. The molecule has 0 atom stereocenters. The minimum atomic E-state index is -1.72. The molecule has 0 saturated carbocycles. The lowest BCUT2D eigenvalue weighted by Gasteiger charge is -2.29. The number of nitrogens with one attached hydrogen (secondary N) is 2. The van der Waals surface area contributed by atoms with E-state index in [1.165, 1.54) is 174 Å². The maximum atomic E-state index is 13.3. The number of nitriles is 1. The van der Waals surface area contributed by atoms with Crippen molar-refractivity contribution in [2.45, 2.75) is 49.6 Å². The first-order valence-corrected chi connectivity index (χ1v) is 32.0. The van der Waals surface area contributed by atoms with Crippen LogP contribution in [-0.2, 0) is 11.2 Å². The molecule has 0 aromatic heterocycles. The van der Waals surface area contributed by atoms with Crippen LogP contribution in [0.3, 0.4) is 0 Å². The lowest BCUT2D eigenvalue weighted by atomic mass is 9.83. The van der Waals surface area contributed by atoms with Crippen LogP contribution in [0.1, 0.15) is 93.0 Å². The van der Waals surface area contributed by atoms with E-state index >= 15 is 0 Å². The Kier molecular flexibility index (Phi) is 35.7. The predicted molar refractivity (Wildman–Crippen MR) is 365 cm³/mol. The average Bonchev–Trinajstić information content (AvgIpc) is 0.810. The molecule has 0 unspecified atom stereocenters. The van der Waals surface area contributed by atoms with E-state index in [1.807, 2.05) is 18.2 Å². The van der Waals surface area contributed by atoms with Crippen molar-refractivity contribution in [3.63, 3.8) is 0 Å². The predicted octanol–water partition coefficient (Wildman–Crippen LogP) is 17.2. The van der Waals surface area contributed by atoms with Gasteiger partial charge in [-0.05, 0) is 214 Å². The number of benzene rings is 10. The largest absolute Gasteiger partial charge is 0.380 e. The zero-order chi connectivity index (χ0) is 68.6. The quantitative estimate of drug-likeness (QED) is 0.0250. The number of nitrogens with zero attached hydrogens (tertiary/aromatic N) is 1. The second kappa shape index (κ2) is 42.0. The van der Waals surface area contributed by atoms with E-state index in [1.54, 1.807) is 54.6 Å². The third kappa shape index (κ3) is 25.2. The lowest BCUT2D eigenvalue weighted by molar-refractivity contribution is 0.0730. The van der Waals surface area contributed by atoms with E-state index in [0.717, 1.165) is 41.0 Å². The minimum absolute atomic E-state index is 0. The number of hydrogen-bond acceptors (Lipinski definition) is 7. The van der Waals surface area contributed by atoms with Crippen molar-refractivity contribution >= 4 is 59.6 Å². The molecule has 21 heteroatoms. The van der Waals surface area contributed by atoms with Gasteiger partial charge < -0.3 is 15.9 Å². The Hall–Kier alpha value is -8.62. The summed E-state index contributed by atoms with van der Waals surface area (Å²) in [4.78, 5) is 16.8. The van der Waals surface area contributed by atoms with Crippen LogP contribution in [0.2, 0.25) is 5.79 Å². The first-order valence-electron chi connectivity index (χ1n) is 29.2. The summed E-state index contributed by atoms with van der Waals surface area (Å²) >= 11 is 12.2. The fourth-order valence-corrected chi connectivity index (χ4v) is 9.77. The summed E-state index contributed by atoms with van der Waals surface area (Å²) in [6, 6.07) is 59.5. The third-order valence-corrected chi connectivity index (χ3v) is 14.3. The highest BCUT2D eigenvalue weighted by Crippen LogP contribution is 2.35. The Bertz CT molecular complexity index is 3880. The highest BCUT2D eigenvalue weighted by atomic mass is 35.5. The molecule has 0 fully saturated rings. The normalized spacial score (nSPS) is 10.4. The van der Waals surface area contributed by atoms with E-state index in [-0.39, 0.29) is 92.4 Å². The number of rotatable bonds is 18. The molecular weight excluding hydrogens is 1300 g/mol. The van der Waals surface area contributed by atoms with Crippen LogP contribution in [0, 0.1) is 69.5 Å². The van der Waals surface area contributed by atoms with Crippen molar-refractivity contribution in [2.24, 2.45) is 5.73 Å². The maximum absolute atomic E-state index is 13.3. The SMILES string of the molecule is C.Fc1cccc(C(=CCNCl)c2cccc(F)c2)c1.Fc1cccc(C(CCNCl)c2cccc(F)c2)c1.N#CCC(O)(c1cccc(F)c1)c1cccc(F)c1.NCCC(O)(c1cccc(F)c1)c1cccc(F)c1.O=C(c1cccc(F)c1)c1cccc(F)c1.[B].[CH3][AlH2]. The number of carbonyl (C=O) groups is 1. The van der Waals surface area contributed by atoms with Crippen LogP contribution in [0.4, 0.5) is 43.9 Å². The van der Waals surface area contributed by atoms with Gasteiger partial charge >= 0.3 is 0 Å². The van der Waals surface area contributed by atoms with Crippen LogP contribution in [0.5, 0.6) is 0 Å². The highest BCUT2D eigenvalue weighted by Gasteiger charge is 2.33. The Morgan fingerprint density at radius 2 is 0.771 bits per heavy atom. The Morgan fingerprint density at radius 1 is 0.479 bits per heavy atom. The molecule has 0 aliphatic heterocycles. The van der Waals surface area contributed by atoms with Crippen molar-refractivity contribution in [1.82, 2.24) is 9.67 Å². The third-order valence-electron chi connectivity index (χ3n) is 13.9. The highest BCUT2D eigenvalue weighted by molar-refractivity contribution is 6.13. The van der Waals surface area contributed by atoms with E-state index in [4.69, 9.17) is 34.5 Å². The molecule has 96 heavy (non-hydrogen) atoms. The fraction of sp³-hybridized carbons (Fsp3) is 0.147. The molecule has 10 aromatic rings. The summed E-state index contributed by atoms with van der Waals surface area (Å²) in [5.41, 5.74) is 7.63. The number of halogens is 12. The lowest BCUT2D eigenvalue weighted by Crippen LogP contribution is -2.30. The van der Waals surface area contributed by atoms with E-state index in [2.05, 4.69) is 15.5 Å². The van der Waals surface area contributed by atoms with Gasteiger partial charge in [-0.25, -0.2) is 53.6 Å². The Balaban J connectivity index is 0.000000309. The summed E-state index contributed by atoms with van der Waals surface area (Å²) in [7, 11) is 0. The van der Waals surface area contributed by atoms with Gasteiger partial charge in [-0.2, -0.15) is 5.26 Å². The van der Waals surface area contributed by atoms with E-state index < -0.39 is 46.1 Å². The summed E-state index contributed by atoms with van der Waals surface area (Å²) in [5, 5.41) is 30.3. The maximum Gasteiger partial charge on any atom is 0.207 e. The van der Waals surface area contributed by atoms with Gasteiger partial charge in [0.2, 0.25) is 16.3 Å². The second-order valence-electron chi connectivity index (χ2n) is 20.3. The van der Waals surface area contributed by atoms with Crippen LogP contribution >= 0.6 is 23.6 Å². The number of hydrogen-bond donors (Lipinski definition) is 5. The molecule has 7 nitrogen and oxygen atoms in total. The van der Waals surface area contributed by atoms with Crippen LogP contribution in [0.25, 0.3) is 5.57 Å². The van der Waals surface area contributed by atoms with Crippen molar-refractivity contribution < 1.29 is 58.9 Å². The van der Waals surface area contributed by atoms with Gasteiger partial charge in [-0.15, -0.1) is 5.79 Å². The second-order valence-corrected chi connectivity index (χ2v) is 20.8. The van der Waals surface area contributed by atoms with Gasteiger partial charge in [0.1, 0.15) is 69.4 Å². The molecule has 0 heterocycles. The monoisotopic (exact) mass is 1370 g/mol. The number of ketones is 1. The molecule has 10 aromatic carbocycles. The molecule has 6 N–H and O–H groups in total. The first kappa shape index (κ1) is 81.6. The van der Waals surface area contributed by atoms with Crippen LogP contribution < -0.4 is 15.4 Å². The molecule has 0 aliphatic carbocycles. The fourth-order valence-electron chi connectivity index (χ4n) is 9.58. The molecule has 0 amide bonds. The Morgan fingerprint density at radius 3 is 1.06 bits per heavy atom. The van der Waals surface area contributed by atoms with E-state index in [0.29, 0.717) is 41.8 Å². The summed E-state index contributed by atoms with van der Waals surface area (Å²) in [6.45, 7) is 1.15. The van der Waals surface area contributed by atoms with Gasteiger partial charge in [0, 0.05) is 38.5 Å². The van der Waals surface area contributed by atoms with Gasteiger partial charge in [-0.1, -0.05) is 135 Å². The number of carbonyl (C=O) groups excluding carboxylic acids is 1. The zero-order valence-electron chi connectivity index (χ0n) is 51.4.